The molecule has 1 aromatic carbocycles. The predicted molar refractivity (Wildman–Crippen MR) is 73.3 cm³/mol. The lowest BCUT2D eigenvalue weighted by atomic mass is 10.1. The number of ether oxygens (including phenoxy) is 1. The quantitative estimate of drug-likeness (QED) is 0.819. The number of benzene rings is 1. The molecule has 3 nitrogen and oxygen atoms in total. The summed E-state index contributed by atoms with van der Waals surface area (Å²) in [6.45, 7) is 6.58. The van der Waals surface area contributed by atoms with Crippen LogP contribution in [0.5, 0.6) is 0 Å². The first-order chi connectivity index (χ1) is 8.68. The minimum Gasteiger partial charge on any atom is -0.377 e. The summed E-state index contributed by atoms with van der Waals surface area (Å²) in [5.41, 5.74) is 1.92. The third-order valence-electron chi connectivity index (χ3n) is 3.19. The van der Waals surface area contributed by atoms with Crippen molar-refractivity contribution in [3.63, 3.8) is 0 Å². The number of fused-ring (bicyclic) bond motifs is 1. The summed E-state index contributed by atoms with van der Waals surface area (Å²) in [5, 5.41) is 0. The van der Waals surface area contributed by atoms with E-state index in [-0.39, 0.29) is 11.9 Å². The van der Waals surface area contributed by atoms with E-state index in [2.05, 4.69) is 4.90 Å². The molecule has 1 aliphatic heterocycles. The van der Waals surface area contributed by atoms with Crippen LogP contribution in [-0.2, 0) is 4.74 Å². The third kappa shape index (κ3) is 3.10. The maximum absolute atomic E-state index is 12.0. The van der Waals surface area contributed by atoms with E-state index in [1.54, 1.807) is 0 Å². The normalized spacial score (nSPS) is 15.7. The van der Waals surface area contributed by atoms with Crippen molar-refractivity contribution in [1.82, 2.24) is 0 Å². The van der Waals surface area contributed by atoms with Crippen LogP contribution >= 0.6 is 0 Å². The third-order valence-corrected chi connectivity index (χ3v) is 3.19. The van der Waals surface area contributed by atoms with E-state index >= 15 is 0 Å². The van der Waals surface area contributed by atoms with Crippen molar-refractivity contribution in [2.75, 3.05) is 24.6 Å². The lowest BCUT2D eigenvalue weighted by Gasteiger charge is -2.24. The molecule has 18 heavy (non-hydrogen) atoms. The molecule has 0 radical (unpaired) electrons. The fourth-order valence-corrected chi connectivity index (χ4v) is 2.30. The molecule has 0 aliphatic carbocycles. The van der Waals surface area contributed by atoms with E-state index in [0.29, 0.717) is 13.0 Å². The Kier molecular flexibility index (Phi) is 4.37. The maximum Gasteiger partial charge on any atom is 0.165 e. The smallest absolute Gasteiger partial charge is 0.165 e. The van der Waals surface area contributed by atoms with E-state index in [4.69, 9.17) is 4.74 Å². The molecular formula is C15H21NO2. The Hall–Kier alpha value is -1.35. The lowest BCUT2D eigenvalue weighted by molar-refractivity contribution is 0.0840. The molecule has 0 N–H and O–H groups in total. The van der Waals surface area contributed by atoms with Gasteiger partial charge >= 0.3 is 0 Å². The number of carbonyl (C=O) groups excluding carboxylic acids is 1. The highest BCUT2D eigenvalue weighted by atomic mass is 16.5. The van der Waals surface area contributed by atoms with Gasteiger partial charge in [0.15, 0.2) is 5.78 Å². The molecule has 0 saturated heterocycles. The van der Waals surface area contributed by atoms with Gasteiger partial charge in [0.2, 0.25) is 0 Å². The van der Waals surface area contributed by atoms with Crippen LogP contribution in [0.3, 0.4) is 0 Å². The van der Waals surface area contributed by atoms with E-state index in [0.717, 1.165) is 30.8 Å². The standard InChI is InChI=1S/C15H21NO2/c1-12(2)18-11-10-16-9-5-8-15(17)13-6-3-4-7-14(13)16/h3-4,6-7,12H,5,8-11H2,1-2H3. The summed E-state index contributed by atoms with van der Waals surface area (Å²) in [4.78, 5) is 14.2. The van der Waals surface area contributed by atoms with Crippen molar-refractivity contribution in [3.8, 4) is 0 Å². The lowest BCUT2D eigenvalue weighted by Crippen LogP contribution is -2.29. The zero-order valence-electron chi connectivity index (χ0n) is 11.2. The SMILES string of the molecule is CC(C)OCCN1CCCC(=O)c2ccccc21. The highest BCUT2D eigenvalue weighted by molar-refractivity contribution is 6.01. The monoisotopic (exact) mass is 247 g/mol. The van der Waals surface area contributed by atoms with Crippen molar-refractivity contribution in [2.24, 2.45) is 0 Å². The molecule has 1 aliphatic rings. The fraction of sp³-hybridized carbons (Fsp3) is 0.533. The van der Waals surface area contributed by atoms with Gasteiger partial charge in [-0.2, -0.15) is 0 Å². The van der Waals surface area contributed by atoms with Crippen molar-refractivity contribution in [1.29, 1.82) is 0 Å². The van der Waals surface area contributed by atoms with Crippen LogP contribution in [0.4, 0.5) is 5.69 Å². The second-order valence-corrected chi connectivity index (χ2v) is 4.95. The molecule has 0 fully saturated rings. The molecule has 0 unspecified atom stereocenters. The van der Waals surface area contributed by atoms with Crippen LogP contribution < -0.4 is 4.90 Å². The number of carbonyl (C=O) groups is 1. The van der Waals surface area contributed by atoms with Crippen LogP contribution in [0.1, 0.15) is 37.0 Å². The van der Waals surface area contributed by atoms with Crippen LogP contribution in [0.15, 0.2) is 24.3 Å². The molecule has 0 amide bonds. The molecule has 1 heterocycles. The molecule has 2 rings (SSSR count). The summed E-state index contributed by atoms with van der Waals surface area (Å²) in [5.74, 6) is 0.262. The van der Waals surface area contributed by atoms with Crippen LogP contribution in [0, 0.1) is 0 Å². The molecule has 0 aromatic heterocycles. The van der Waals surface area contributed by atoms with Gasteiger partial charge in [0.1, 0.15) is 0 Å². The number of hydrogen-bond donors (Lipinski definition) is 0. The first-order valence-electron chi connectivity index (χ1n) is 6.67. The van der Waals surface area contributed by atoms with Gasteiger partial charge in [0.25, 0.3) is 0 Å². The van der Waals surface area contributed by atoms with E-state index in [1.807, 2.05) is 38.1 Å². The van der Waals surface area contributed by atoms with Gasteiger partial charge in [-0.15, -0.1) is 0 Å². The van der Waals surface area contributed by atoms with Gasteiger partial charge < -0.3 is 9.64 Å². The van der Waals surface area contributed by atoms with Gasteiger partial charge in [-0.25, -0.2) is 0 Å². The van der Waals surface area contributed by atoms with E-state index < -0.39 is 0 Å². The Morgan fingerprint density at radius 3 is 2.89 bits per heavy atom. The Bertz CT molecular complexity index is 415. The molecule has 0 spiro atoms. The van der Waals surface area contributed by atoms with Crippen molar-refractivity contribution in [2.45, 2.75) is 32.8 Å². The number of hydrogen-bond acceptors (Lipinski definition) is 3. The second kappa shape index (κ2) is 6.01. The Morgan fingerprint density at radius 2 is 2.11 bits per heavy atom. The zero-order valence-corrected chi connectivity index (χ0v) is 11.2. The second-order valence-electron chi connectivity index (χ2n) is 4.95. The van der Waals surface area contributed by atoms with Crippen molar-refractivity contribution in [3.05, 3.63) is 29.8 Å². The average Bonchev–Trinajstić information content (AvgIpc) is 2.50. The molecule has 98 valence electrons. The number of para-hydroxylation sites is 1. The summed E-state index contributed by atoms with van der Waals surface area (Å²) >= 11 is 0. The zero-order chi connectivity index (χ0) is 13.0. The highest BCUT2D eigenvalue weighted by Crippen LogP contribution is 2.25. The summed E-state index contributed by atoms with van der Waals surface area (Å²) in [7, 11) is 0. The molecule has 0 saturated carbocycles. The van der Waals surface area contributed by atoms with Crippen molar-refractivity contribution >= 4 is 11.5 Å². The molecule has 3 heteroatoms. The largest absolute Gasteiger partial charge is 0.377 e. The Balaban J connectivity index is 2.11. The van der Waals surface area contributed by atoms with Crippen LogP contribution in [0.2, 0.25) is 0 Å². The highest BCUT2D eigenvalue weighted by Gasteiger charge is 2.19. The topological polar surface area (TPSA) is 29.5 Å². The summed E-state index contributed by atoms with van der Waals surface area (Å²) in [6, 6.07) is 7.89. The van der Waals surface area contributed by atoms with Crippen LogP contribution in [0.25, 0.3) is 0 Å². The number of anilines is 1. The van der Waals surface area contributed by atoms with Crippen molar-refractivity contribution < 1.29 is 9.53 Å². The maximum atomic E-state index is 12.0. The minimum atomic E-state index is 0.258. The van der Waals surface area contributed by atoms with Crippen LogP contribution in [-0.4, -0.2) is 31.6 Å². The average molecular weight is 247 g/mol. The number of rotatable bonds is 4. The van der Waals surface area contributed by atoms with Gasteiger partial charge in [0.05, 0.1) is 12.7 Å². The van der Waals surface area contributed by atoms with E-state index in [9.17, 15) is 4.79 Å². The van der Waals surface area contributed by atoms with Gasteiger partial charge in [-0.1, -0.05) is 12.1 Å². The number of nitrogens with zero attached hydrogens (tertiary/aromatic N) is 1. The summed E-state index contributed by atoms with van der Waals surface area (Å²) < 4.78 is 5.60. The Morgan fingerprint density at radius 1 is 1.33 bits per heavy atom. The first-order valence-corrected chi connectivity index (χ1v) is 6.67. The fourth-order valence-electron chi connectivity index (χ4n) is 2.30. The first kappa shape index (κ1) is 13.1. The number of ketones is 1. The Labute approximate surface area is 109 Å². The van der Waals surface area contributed by atoms with Gasteiger partial charge in [-0.3, -0.25) is 4.79 Å². The molecule has 0 atom stereocenters. The molecule has 1 aromatic rings. The number of Topliss-reactive ketones (excluding diaryl/α,β-unsaturated/α-hetero) is 1. The molecule has 0 bridgehead atoms. The van der Waals surface area contributed by atoms with E-state index in [1.165, 1.54) is 0 Å². The summed E-state index contributed by atoms with van der Waals surface area (Å²) in [6.07, 6.45) is 1.84. The predicted octanol–water partition coefficient (Wildman–Crippen LogP) is 2.89. The van der Waals surface area contributed by atoms with Gasteiger partial charge in [-0.05, 0) is 32.4 Å². The van der Waals surface area contributed by atoms with Gasteiger partial charge in [0, 0.05) is 30.8 Å². The minimum absolute atomic E-state index is 0.258. The molecular weight excluding hydrogens is 226 g/mol.